The van der Waals surface area contributed by atoms with Crippen molar-refractivity contribution in [3.05, 3.63) is 53.9 Å². The predicted octanol–water partition coefficient (Wildman–Crippen LogP) is 2.03. The lowest BCUT2D eigenvalue weighted by Gasteiger charge is -2.33. The van der Waals surface area contributed by atoms with Crippen LogP contribution in [0, 0.1) is 5.41 Å². The Hall–Kier alpha value is -2.14. The van der Waals surface area contributed by atoms with Crippen LogP contribution in [-0.4, -0.2) is 28.8 Å². The van der Waals surface area contributed by atoms with Gasteiger partial charge in [0.25, 0.3) is 5.91 Å². The van der Waals surface area contributed by atoms with Crippen LogP contribution in [0.4, 0.5) is 0 Å². The minimum Gasteiger partial charge on any atom is -0.393 e. The number of aliphatic hydroxyl groups excluding tert-OH is 1. The summed E-state index contributed by atoms with van der Waals surface area (Å²) in [5.74, 6) is -0.302. The second-order valence-corrected chi connectivity index (χ2v) is 5.56. The Kier molecular flexibility index (Phi) is 4.75. The van der Waals surface area contributed by atoms with E-state index in [1.54, 1.807) is 6.92 Å². The number of carbonyl (C=O) groups excluding carboxylic acids is 1. The summed E-state index contributed by atoms with van der Waals surface area (Å²) in [4.78, 5) is 11.9. The largest absolute Gasteiger partial charge is 0.393 e. The van der Waals surface area contributed by atoms with E-state index in [2.05, 4.69) is 15.0 Å². The van der Waals surface area contributed by atoms with Gasteiger partial charge in [0.15, 0.2) is 5.69 Å². The molecular weight excluding hydrogens is 268 g/mol. The molecule has 0 aliphatic heterocycles. The Balaban J connectivity index is 2.03. The van der Waals surface area contributed by atoms with Crippen molar-refractivity contribution < 1.29 is 14.4 Å². The zero-order valence-corrected chi connectivity index (χ0v) is 12.2. The molecule has 21 heavy (non-hydrogen) atoms. The first-order valence-electron chi connectivity index (χ1n) is 6.92. The first kappa shape index (κ1) is 15.3. The Morgan fingerprint density at radius 2 is 2.10 bits per heavy atom. The van der Waals surface area contributed by atoms with Crippen molar-refractivity contribution in [2.45, 2.75) is 26.4 Å². The molecule has 0 saturated heterocycles. The van der Waals surface area contributed by atoms with Crippen LogP contribution >= 0.6 is 0 Å². The third-order valence-electron chi connectivity index (χ3n) is 3.78. The SMILES string of the molecule is CC(O)C(C)(CNC(=O)c1ccon1)Cc1ccccc1. The predicted molar refractivity (Wildman–Crippen MR) is 78.8 cm³/mol. The fourth-order valence-corrected chi connectivity index (χ4v) is 2.12. The molecular formula is C16H20N2O3. The van der Waals surface area contributed by atoms with Gasteiger partial charge in [0.2, 0.25) is 0 Å². The monoisotopic (exact) mass is 288 g/mol. The van der Waals surface area contributed by atoms with Crippen LogP contribution in [0.25, 0.3) is 0 Å². The molecule has 1 aromatic carbocycles. The zero-order chi connectivity index (χ0) is 15.3. The molecule has 0 fully saturated rings. The van der Waals surface area contributed by atoms with Crippen LogP contribution in [0.1, 0.15) is 29.9 Å². The Morgan fingerprint density at radius 1 is 1.38 bits per heavy atom. The van der Waals surface area contributed by atoms with Gasteiger partial charge in [0.1, 0.15) is 6.26 Å². The topological polar surface area (TPSA) is 75.4 Å². The number of carbonyl (C=O) groups is 1. The molecule has 2 rings (SSSR count). The number of nitrogens with zero attached hydrogens (tertiary/aromatic N) is 1. The lowest BCUT2D eigenvalue weighted by molar-refractivity contribution is 0.0499. The summed E-state index contributed by atoms with van der Waals surface area (Å²) in [5, 5.41) is 16.5. The standard InChI is InChI=1S/C16H20N2O3/c1-12(19)16(2,10-13-6-4-3-5-7-13)11-17-15(20)14-8-9-21-18-14/h3-9,12,19H,10-11H2,1-2H3,(H,17,20). The van der Waals surface area contributed by atoms with E-state index < -0.39 is 11.5 Å². The minimum atomic E-state index is -0.560. The highest BCUT2D eigenvalue weighted by Gasteiger charge is 2.31. The van der Waals surface area contributed by atoms with Gasteiger partial charge in [-0.2, -0.15) is 0 Å². The number of hydrogen-bond donors (Lipinski definition) is 2. The van der Waals surface area contributed by atoms with E-state index in [1.165, 1.54) is 12.3 Å². The quantitative estimate of drug-likeness (QED) is 0.853. The summed E-state index contributed by atoms with van der Waals surface area (Å²) in [6.07, 6.45) is 1.47. The molecule has 0 saturated carbocycles. The van der Waals surface area contributed by atoms with Crippen LogP contribution < -0.4 is 5.32 Å². The normalized spacial score (nSPS) is 15.2. The third-order valence-corrected chi connectivity index (χ3v) is 3.78. The van der Waals surface area contributed by atoms with Crippen LogP contribution in [-0.2, 0) is 6.42 Å². The zero-order valence-electron chi connectivity index (χ0n) is 12.2. The summed E-state index contributed by atoms with van der Waals surface area (Å²) >= 11 is 0. The van der Waals surface area contributed by atoms with E-state index >= 15 is 0 Å². The summed E-state index contributed by atoms with van der Waals surface area (Å²) in [6.45, 7) is 4.05. The van der Waals surface area contributed by atoms with Crippen molar-refractivity contribution >= 4 is 5.91 Å². The summed E-state index contributed by atoms with van der Waals surface area (Å²) in [6, 6.07) is 11.4. The van der Waals surface area contributed by atoms with Gasteiger partial charge in [0, 0.05) is 18.0 Å². The molecule has 5 nitrogen and oxygen atoms in total. The number of benzene rings is 1. The lowest BCUT2D eigenvalue weighted by atomic mass is 9.79. The van der Waals surface area contributed by atoms with Crippen LogP contribution in [0.5, 0.6) is 0 Å². The Morgan fingerprint density at radius 3 is 2.67 bits per heavy atom. The maximum Gasteiger partial charge on any atom is 0.273 e. The van der Waals surface area contributed by atoms with E-state index in [9.17, 15) is 9.90 Å². The number of nitrogens with one attached hydrogen (secondary N) is 1. The van der Waals surface area contributed by atoms with Gasteiger partial charge in [-0.25, -0.2) is 0 Å². The summed E-state index contributed by atoms with van der Waals surface area (Å²) < 4.78 is 4.65. The molecule has 1 aromatic heterocycles. The second kappa shape index (κ2) is 6.54. The highest BCUT2D eigenvalue weighted by molar-refractivity contribution is 5.91. The number of aromatic nitrogens is 1. The van der Waals surface area contributed by atoms with E-state index in [0.717, 1.165) is 5.56 Å². The molecule has 0 aliphatic carbocycles. The van der Waals surface area contributed by atoms with Gasteiger partial charge in [-0.05, 0) is 18.9 Å². The fourth-order valence-electron chi connectivity index (χ4n) is 2.12. The molecule has 0 spiro atoms. The molecule has 5 heteroatoms. The van der Waals surface area contributed by atoms with Crippen molar-refractivity contribution in [2.75, 3.05) is 6.54 Å². The van der Waals surface area contributed by atoms with Crippen molar-refractivity contribution in [3.63, 3.8) is 0 Å². The maximum atomic E-state index is 11.9. The molecule has 0 bridgehead atoms. The van der Waals surface area contributed by atoms with E-state index in [1.807, 2.05) is 37.3 Å². The van der Waals surface area contributed by atoms with Gasteiger partial charge in [-0.1, -0.05) is 42.4 Å². The average Bonchev–Trinajstić information content (AvgIpc) is 3.00. The highest BCUT2D eigenvalue weighted by atomic mass is 16.5. The Bertz CT molecular complexity index is 566. The molecule has 0 radical (unpaired) electrons. The van der Waals surface area contributed by atoms with E-state index in [0.29, 0.717) is 13.0 Å². The van der Waals surface area contributed by atoms with Gasteiger partial charge in [-0.15, -0.1) is 0 Å². The smallest absolute Gasteiger partial charge is 0.273 e. The van der Waals surface area contributed by atoms with Gasteiger partial charge in [-0.3, -0.25) is 4.79 Å². The van der Waals surface area contributed by atoms with Crippen molar-refractivity contribution in [3.8, 4) is 0 Å². The van der Waals surface area contributed by atoms with E-state index in [4.69, 9.17) is 0 Å². The van der Waals surface area contributed by atoms with Crippen molar-refractivity contribution in [1.29, 1.82) is 0 Å². The average molecular weight is 288 g/mol. The lowest BCUT2D eigenvalue weighted by Crippen LogP contribution is -2.43. The highest BCUT2D eigenvalue weighted by Crippen LogP contribution is 2.26. The van der Waals surface area contributed by atoms with Crippen LogP contribution in [0.2, 0.25) is 0 Å². The summed E-state index contributed by atoms with van der Waals surface area (Å²) in [7, 11) is 0. The first-order valence-corrected chi connectivity index (χ1v) is 6.92. The number of aliphatic hydroxyl groups is 1. The molecule has 2 atom stereocenters. The number of hydrogen-bond acceptors (Lipinski definition) is 4. The number of rotatable bonds is 6. The summed E-state index contributed by atoms with van der Waals surface area (Å²) in [5.41, 5.74) is 0.903. The van der Waals surface area contributed by atoms with Crippen LogP contribution in [0.3, 0.4) is 0 Å². The first-order chi connectivity index (χ1) is 10.0. The van der Waals surface area contributed by atoms with Gasteiger partial charge < -0.3 is 14.9 Å². The molecule has 112 valence electrons. The van der Waals surface area contributed by atoms with E-state index in [-0.39, 0.29) is 11.6 Å². The molecule has 0 aliphatic rings. The second-order valence-electron chi connectivity index (χ2n) is 5.56. The fraction of sp³-hybridized carbons (Fsp3) is 0.375. The molecule has 2 aromatic rings. The number of amides is 1. The Labute approximate surface area is 124 Å². The van der Waals surface area contributed by atoms with Crippen molar-refractivity contribution in [2.24, 2.45) is 5.41 Å². The van der Waals surface area contributed by atoms with Crippen molar-refractivity contribution in [1.82, 2.24) is 10.5 Å². The van der Waals surface area contributed by atoms with Gasteiger partial charge >= 0.3 is 0 Å². The molecule has 1 heterocycles. The van der Waals surface area contributed by atoms with Crippen LogP contribution in [0.15, 0.2) is 47.2 Å². The third kappa shape index (κ3) is 3.92. The molecule has 2 N–H and O–H groups in total. The minimum absolute atomic E-state index is 0.239. The maximum absolute atomic E-state index is 11.9. The molecule has 1 amide bonds. The van der Waals surface area contributed by atoms with Gasteiger partial charge in [0.05, 0.1) is 6.10 Å². The molecule has 2 unspecified atom stereocenters.